The molecule has 0 fully saturated rings. The second kappa shape index (κ2) is 11.6. The Morgan fingerprint density at radius 1 is 0.941 bits per heavy atom. The van der Waals surface area contributed by atoms with Gasteiger partial charge in [-0.1, -0.05) is 17.7 Å². The van der Waals surface area contributed by atoms with Crippen LogP contribution in [0.15, 0.2) is 65.8 Å². The van der Waals surface area contributed by atoms with E-state index < -0.39 is 17.7 Å². The van der Waals surface area contributed by atoms with Crippen LogP contribution >= 0.6 is 0 Å². The van der Waals surface area contributed by atoms with Gasteiger partial charge < -0.3 is 14.2 Å². The van der Waals surface area contributed by atoms with Gasteiger partial charge in [-0.15, -0.1) is 0 Å². The van der Waals surface area contributed by atoms with Crippen molar-refractivity contribution >= 4 is 18.1 Å². The number of nitrogens with one attached hydrogen (secondary N) is 1. The van der Waals surface area contributed by atoms with Crippen LogP contribution < -0.4 is 19.6 Å². The summed E-state index contributed by atoms with van der Waals surface area (Å²) in [5, 5.41) is 3.93. The Kier molecular flexibility index (Phi) is 8.34. The number of carbonyl (C=O) groups is 2. The van der Waals surface area contributed by atoms with E-state index in [2.05, 4.69) is 10.5 Å². The Labute approximate surface area is 197 Å². The molecule has 0 aromatic heterocycles. The number of halogens is 1. The van der Waals surface area contributed by atoms with Gasteiger partial charge in [0.05, 0.1) is 18.4 Å². The molecular formula is C26H25FN2O5. The van der Waals surface area contributed by atoms with E-state index in [1.807, 2.05) is 32.0 Å². The summed E-state index contributed by atoms with van der Waals surface area (Å²) in [6.45, 7) is 5.85. The highest BCUT2D eigenvalue weighted by atomic mass is 19.1. The molecule has 0 bridgehead atoms. The molecule has 0 spiro atoms. The Bertz CT molecular complexity index is 1190. The van der Waals surface area contributed by atoms with Crippen LogP contribution in [-0.2, 0) is 4.79 Å². The molecule has 34 heavy (non-hydrogen) atoms. The van der Waals surface area contributed by atoms with Crippen LogP contribution in [0.2, 0.25) is 0 Å². The summed E-state index contributed by atoms with van der Waals surface area (Å²) in [4.78, 5) is 24.4. The van der Waals surface area contributed by atoms with Crippen molar-refractivity contribution in [2.45, 2.75) is 20.8 Å². The molecule has 0 aliphatic rings. The molecule has 0 aliphatic carbocycles. The molecule has 3 aromatic rings. The maximum atomic E-state index is 13.1. The van der Waals surface area contributed by atoms with Crippen LogP contribution in [0, 0.1) is 19.7 Å². The molecule has 0 atom stereocenters. The highest BCUT2D eigenvalue weighted by Crippen LogP contribution is 2.29. The number of hydrogen-bond acceptors (Lipinski definition) is 6. The van der Waals surface area contributed by atoms with E-state index >= 15 is 0 Å². The average Bonchev–Trinajstić information content (AvgIpc) is 2.80. The smallest absolute Gasteiger partial charge is 0.343 e. The van der Waals surface area contributed by atoms with Crippen LogP contribution in [0.25, 0.3) is 0 Å². The van der Waals surface area contributed by atoms with Gasteiger partial charge in [0.1, 0.15) is 11.6 Å². The van der Waals surface area contributed by atoms with Crippen LogP contribution in [0.3, 0.4) is 0 Å². The molecule has 3 rings (SSSR count). The molecule has 1 N–H and O–H groups in total. The number of nitrogens with zero attached hydrogens (tertiary/aromatic N) is 1. The van der Waals surface area contributed by atoms with Crippen molar-refractivity contribution in [3.63, 3.8) is 0 Å². The molecule has 8 heteroatoms. The summed E-state index contributed by atoms with van der Waals surface area (Å²) in [5.74, 6) is -0.328. The molecule has 0 saturated heterocycles. The van der Waals surface area contributed by atoms with Crippen molar-refractivity contribution in [3.8, 4) is 17.2 Å². The normalized spacial score (nSPS) is 10.7. The Morgan fingerprint density at radius 2 is 1.68 bits per heavy atom. The van der Waals surface area contributed by atoms with Crippen LogP contribution in [0.5, 0.6) is 17.2 Å². The number of hydrogen-bond donors (Lipinski definition) is 1. The van der Waals surface area contributed by atoms with Crippen molar-refractivity contribution in [2.24, 2.45) is 5.10 Å². The first-order valence-electron chi connectivity index (χ1n) is 10.6. The molecule has 0 radical (unpaired) electrons. The van der Waals surface area contributed by atoms with Crippen molar-refractivity contribution in [3.05, 3.63) is 88.7 Å². The lowest BCUT2D eigenvalue weighted by Gasteiger charge is -2.11. The van der Waals surface area contributed by atoms with E-state index in [9.17, 15) is 14.0 Å². The number of aryl methyl sites for hydroxylation is 2. The van der Waals surface area contributed by atoms with Crippen molar-refractivity contribution in [2.75, 3.05) is 13.2 Å². The Balaban J connectivity index is 1.59. The highest BCUT2D eigenvalue weighted by Gasteiger charge is 2.13. The molecule has 1 amide bonds. The second-order valence-corrected chi connectivity index (χ2v) is 7.39. The lowest BCUT2D eigenvalue weighted by molar-refractivity contribution is -0.123. The third-order valence-corrected chi connectivity index (χ3v) is 4.64. The van der Waals surface area contributed by atoms with Crippen molar-refractivity contribution in [1.82, 2.24) is 5.43 Å². The van der Waals surface area contributed by atoms with Gasteiger partial charge in [0.25, 0.3) is 5.91 Å². The summed E-state index contributed by atoms with van der Waals surface area (Å²) in [6.07, 6.45) is 1.43. The van der Waals surface area contributed by atoms with E-state index in [4.69, 9.17) is 14.2 Å². The number of hydrazone groups is 1. The molecule has 0 aliphatic heterocycles. The second-order valence-electron chi connectivity index (χ2n) is 7.39. The van der Waals surface area contributed by atoms with E-state index in [-0.39, 0.29) is 17.9 Å². The van der Waals surface area contributed by atoms with Crippen molar-refractivity contribution in [1.29, 1.82) is 0 Å². The van der Waals surface area contributed by atoms with Crippen LogP contribution in [0.1, 0.15) is 34.0 Å². The fourth-order valence-corrected chi connectivity index (χ4v) is 3.02. The Morgan fingerprint density at radius 3 is 2.38 bits per heavy atom. The fraction of sp³-hybridized carbons (Fsp3) is 0.192. The number of ether oxygens (including phenoxy) is 3. The van der Waals surface area contributed by atoms with Gasteiger partial charge >= 0.3 is 5.97 Å². The fourth-order valence-electron chi connectivity index (χ4n) is 3.02. The van der Waals surface area contributed by atoms with Gasteiger partial charge in [-0.3, -0.25) is 4.79 Å². The molecule has 0 saturated carbocycles. The maximum Gasteiger partial charge on any atom is 0.343 e. The molecule has 0 heterocycles. The summed E-state index contributed by atoms with van der Waals surface area (Å²) >= 11 is 0. The molecule has 7 nitrogen and oxygen atoms in total. The van der Waals surface area contributed by atoms with Crippen molar-refractivity contribution < 1.29 is 28.2 Å². The zero-order valence-corrected chi connectivity index (χ0v) is 19.1. The molecular weight excluding hydrogens is 439 g/mol. The molecule has 0 unspecified atom stereocenters. The number of benzene rings is 3. The minimum absolute atomic E-state index is 0.177. The SMILES string of the molecule is CCOc1cc(C=NNC(=O)COc2ccc(C)cc2C)ccc1OC(=O)c1ccc(F)cc1. The van der Waals surface area contributed by atoms with E-state index in [1.165, 1.54) is 30.5 Å². The van der Waals surface area contributed by atoms with E-state index in [0.717, 1.165) is 11.1 Å². The standard InChI is InChI=1S/C26H25FN2O5/c1-4-32-24-14-19(6-12-23(24)34-26(31)20-7-9-21(27)10-8-20)15-28-29-25(30)16-33-22-11-5-17(2)13-18(22)3/h5-15H,4,16H2,1-3H3,(H,29,30). The molecule has 176 valence electrons. The summed E-state index contributed by atoms with van der Waals surface area (Å²) in [7, 11) is 0. The minimum atomic E-state index is -0.640. The predicted octanol–water partition coefficient (Wildman–Crippen LogP) is 4.59. The highest BCUT2D eigenvalue weighted by molar-refractivity contribution is 5.91. The van der Waals surface area contributed by atoms with E-state index in [0.29, 0.717) is 23.7 Å². The first-order valence-corrected chi connectivity index (χ1v) is 10.6. The summed E-state index contributed by atoms with van der Waals surface area (Å²) in [5.41, 5.74) is 5.28. The van der Waals surface area contributed by atoms with Crippen LogP contribution in [-0.4, -0.2) is 31.3 Å². The summed E-state index contributed by atoms with van der Waals surface area (Å²) < 4.78 is 29.6. The summed E-state index contributed by atoms with van der Waals surface area (Å²) in [6, 6.07) is 15.6. The van der Waals surface area contributed by atoms with Gasteiger partial charge in [-0.05, 0) is 80.4 Å². The Hall–Kier alpha value is -4.20. The molecule has 3 aromatic carbocycles. The van der Waals surface area contributed by atoms with Gasteiger partial charge in [0.15, 0.2) is 18.1 Å². The van der Waals surface area contributed by atoms with E-state index in [1.54, 1.807) is 25.1 Å². The first kappa shape index (κ1) is 24.4. The number of esters is 1. The first-order chi connectivity index (χ1) is 16.4. The van der Waals surface area contributed by atoms with Crippen LogP contribution in [0.4, 0.5) is 4.39 Å². The zero-order chi connectivity index (χ0) is 24.5. The van der Waals surface area contributed by atoms with Gasteiger partial charge in [-0.25, -0.2) is 14.6 Å². The lowest BCUT2D eigenvalue weighted by atomic mass is 10.1. The quantitative estimate of drug-likeness (QED) is 0.217. The number of carbonyl (C=O) groups excluding carboxylic acids is 2. The largest absolute Gasteiger partial charge is 0.490 e. The average molecular weight is 464 g/mol. The third kappa shape index (κ3) is 6.90. The lowest BCUT2D eigenvalue weighted by Crippen LogP contribution is -2.24. The van der Waals surface area contributed by atoms with Gasteiger partial charge in [-0.2, -0.15) is 5.10 Å². The minimum Gasteiger partial charge on any atom is -0.490 e. The zero-order valence-electron chi connectivity index (χ0n) is 19.1. The topological polar surface area (TPSA) is 86.2 Å². The van der Waals surface area contributed by atoms with Gasteiger partial charge in [0.2, 0.25) is 0 Å². The number of rotatable bonds is 9. The van der Waals surface area contributed by atoms with Gasteiger partial charge in [0, 0.05) is 0 Å². The third-order valence-electron chi connectivity index (χ3n) is 4.64. The monoisotopic (exact) mass is 464 g/mol. The predicted molar refractivity (Wildman–Crippen MR) is 126 cm³/mol. The number of amides is 1. The maximum absolute atomic E-state index is 13.1.